The zero-order valence-corrected chi connectivity index (χ0v) is 10.4. The molecule has 2 nitrogen and oxygen atoms in total. The first-order valence-corrected chi connectivity index (χ1v) is 6.75. The predicted molar refractivity (Wildman–Crippen MR) is 65.3 cm³/mol. The molecule has 15 heavy (non-hydrogen) atoms. The lowest BCUT2D eigenvalue weighted by molar-refractivity contribution is 0.593. The fourth-order valence-corrected chi connectivity index (χ4v) is 3.11. The van der Waals surface area contributed by atoms with E-state index < -0.39 is 0 Å². The Labute approximate surface area is 96.1 Å². The summed E-state index contributed by atoms with van der Waals surface area (Å²) in [6.45, 7) is 5.33. The van der Waals surface area contributed by atoms with E-state index in [0.717, 1.165) is 12.5 Å². The number of hydrogen-bond acceptors (Lipinski definition) is 3. The van der Waals surface area contributed by atoms with Crippen LogP contribution in [-0.2, 0) is 6.54 Å². The van der Waals surface area contributed by atoms with Crippen molar-refractivity contribution in [3.05, 3.63) is 16.1 Å². The van der Waals surface area contributed by atoms with Gasteiger partial charge in [0.1, 0.15) is 0 Å². The summed E-state index contributed by atoms with van der Waals surface area (Å²) in [6, 6.07) is 0.557. The van der Waals surface area contributed by atoms with Crippen LogP contribution in [0.15, 0.2) is 6.20 Å². The fourth-order valence-electron chi connectivity index (χ4n) is 2.07. The molecule has 1 aromatic heterocycles. The summed E-state index contributed by atoms with van der Waals surface area (Å²) >= 11 is 1.90. The van der Waals surface area contributed by atoms with Crippen molar-refractivity contribution in [2.45, 2.75) is 58.0 Å². The number of nitrogens with one attached hydrogen (secondary N) is 1. The van der Waals surface area contributed by atoms with E-state index >= 15 is 0 Å². The molecule has 1 aromatic rings. The first kappa shape index (κ1) is 11.1. The van der Waals surface area contributed by atoms with Gasteiger partial charge in [0.15, 0.2) is 0 Å². The van der Waals surface area contributed by atoms with Gasteiger partial charge < -0.3 is 5.32 Å². The summed E-state index contributed by atoms with van der Waals surface area (Å²) in [5.41, 5.74) is 0. The van der Waals surface area contributed by atoms with Crippen LogP contribution in [0.25, 0.3) is 0 Å². The molecule has 0 aromatic carbocycles. The van der Waals surface area contributed by atoms with Crippen molar-refractivity contribution in [1.29, 1.82) is 0 Å². The first-order chi connectivity index (χ1) is 7.25. The summed E-state index contributed by atoms with van der Waals surface area (Å²) in [4.78, 5) is 5.93. The Kier molecular flexibility index (Phi) is 3.76. The molecule has 1 fully saturated rings. The third kappa shape index (κ3) is 3.02. The number of hydrogen-bond donors (Lipinski definition) is 1. The van der Waals surface area contributed by atoms with Crippen molar-refractivity contribution in [3.63, 3.8) is 0 Å². The van der Waals surface area contributed by atoms with E-state index in [9.17, 15) is 0 Å². The maximum Gasteiger partial charge on any atom is 0.0959 e. The molecular formula is C12H20N2S. The summed E-state index contributed by atoms with van der Waals surface area (Å²) in [5.74, 6) is 0.766. The number of nitrogens with zero attached hydrogens (tertiary/aromatic N) is 1. The second-order valence-electron chi connectivity index (χ2n) is 4.68. The predicted octanol–water partition coefficient (Wildman–Crippen LogP) is 3.30. The highest BCUT2D eigenvalue weighted by molar-refractivity contribution is 7.11. The van der Waals surface area contributed by atoms with Crippen molar-refractivity contribution in [1.82, 2.24) is 10.3 Å². The van der Waals surface area contributed by atoms with E-state index in [-0.39, 0.29) is 0 Å². The third-order valence-corrected chi connectivity index (χ3v) is 4.12. The minimum atomic E-state index is 0.557. The van der Waals surface area contributed by atoms with Crippen molar-refractivity contribution < 1.29 is 0 Å². The minimum Gasteiger partial charge on any atom is -0.310 e. The quantitative estimate of drug-likeness (QED) is 0.849. The maximum absolute atomic E-state index is 4.55. The molecule has 0 bridgehead atoms. The average Bonchev–Trinajstić information content (AvgIpc) is 2.85. The molecule has 1 aliphatic rings. The van der Waals surface area contributed by atoms with Gasteiger partial charge in [-0.2, -0.15) is 0 Å². The number of aromatic nitrogens is 1. The zero-order chi connectivity index (χ0) is 10.7. The van der Waals surface area contributed by atoms with E-state index in [1.165, 1.54) is 35.6 Å². The van der Waals surface area contributed by atoms with Gasteiger partial charge in [-0.3, -0.25) is 0 Å². The van der Waals surface area contributed by atoms with Crippen molar-refractivity contribution in [3.8, 4) is 0 Å². The Balaban J connectivity index is 1.91. The maximum atomic E-state index is 4.55. The van der Waals surface area contributed by atoms with Crippen LogP contribution < -0.4 is 5.32 Å². The van der Waals surface area contributed by atoms with Crippen LogP contribution in [0.4, 0.5) is 0 Å². The van der Waals surface area contributed by atoms with Gasteiger partial charge in [-0.25, -0.2) is 4.98 Å². The van der Waals surface area contributed by atoms with Crippen LogP contribution in [-0.4, -0.2) is 11.0 Å². The Hall–Kier alpha value is -0.410. The highest BCUT2D eigenvalue weighted by atomic mass is 32.1. The monoisotopic (exact) mass is 224 g/mol. The lowest BCUT2D eigenvalue weighted by Gasteiger charge is -2.05. The molecule has 0 saturated heterocycles. The second kappa shape index (κ2) is 5.08. The van der Waals surface area contributed by atoms with Gasteiger partial charge in [0.2, 0.25) is 0 Å². The molecular weight excluding hydrogens is 204 g/mol. The molecule has 2 rings (SSSR count). The zero-order valence-electron chi connectivity index (χ0n) is 9.62. The summed E-state index contributed by atoms with van der Waals surface area (Å²) in [5, 5.41) is 4.80. The molecule has 0 unspecified atom stereocenters. The first-order valence-electron chi connectivity index (χ1n) is 5.93. The Bertz CT molecular complexity index is 300. The number of rotatable bonds is 4. The molecule has 0 amide bonds. The van der Waals surface area contributed by atoms with Gasteiger partial charge in [0.25, 0.3) is 0 Å². The molecule has 0 aliphatic heterocycles. The van der Waals surface area contributed by atoms with Crippen molar-refractivity contribution in [2.75, 3.05) is 0 Å². The standard InChI is InChI=1S/C12H20N2S/c1-9(2)13-7-11-8-14-12(15-11)10-5-3-4-6-10/h8-10,13H,3-7H2,1-2H3. The van der Waals surface area contributed by atoms with Gasteiger partial charge in [0, 0.05) is 29.6 Å². The molecule has 84 valence electrons. The molecule has 3 heteroatoms. The van der Waals surface area contributed by atoms with Crippen LogP contribution in [0.5, 0.6) is 0 Å². The van der Waals surface area contributed by atoms with Gasteiger partial charge >= 0.3 is 0 Å². The van der Waals surface area contributed by atoms with Gasteiger partial charge in [0.05, 0.1) is 5.01 Å². The van der Waals surface area contributed by atoms with Crippen molar-refractivity contribution in [2.24, 2.45) is 0 Å². The van der Waals surface area contributed by atoms with E-state index in [1.54, 1.807) is 0 Å². The van der Waals surface area contributed by atoms with E-state index in [4.69, 9.17) is 0 Å². The van der Waals surface area contributed by atoms with Gasteiger partial charge in [-0.05, 0) is 12.8 Å². The summed E-state index contributed by atoms with van der Waals surface area (Å²) in [7, 11) is 0. The lowest BCUT2D eigenvalue weighted by atomic mass is 10.1. The van der Waals surface area contributed by atoms with Gasteiger partial charge in [-0.1, -0.05) is 26.7 Å². The SMILES string of the molecule is CC(C)NCc1cnc(C2CCCC2)s1. The summed E-state index contributed by atoms with van der Waals surface area (Å²) in [6.07, 6.45) is 7.54. The smallest absolute Gasteiger partial charge is 0.0959 e. The molecule has 1 N–H and O–H groups in total. The van der Waals surface area contributed by atoms with Crippen LogP contribution in [0.3, 0.4) is 0 Å². The van der Waals surface area contributed by atoms with Crippen LogP contribution >= 0.6 is 11.3 Å². The highest BCUT2D eigenvalue weighted by Gasteiger charge is 2.19. The van der Waals surface area contributed by atoms with E-state index in [2.05, 4.69) is 24.1 Å². The molecule has 0 radical (unpaired) electrons. The largest absolute Gasteiger partial charge is 0.310 e. The molecule has 0 spiro atoms. The molecule has 1 aliphatic carbocycles. The third-order valence-electron chi connectivity index (χ3n) is 2.96. The van der Waals surface area contributed by atoms with Gasteiger partial charge in [-0.15, -0.1) is 11.3 Å². The lowest BCUT2D eigenvalue weighted by Crippen LogP contribution is -2.21. The Morgan fingerprint density at radius 3 is 2.87 bits per heavy atom. The summed E-state index contributed by atoms with van der Waals surface area (Å²) < 4.78 is 0. The molecule has 1 saturated carbocycles. The minimum absolute atomic E-state index is 0.557. The Morgan fingerprint density at radius 2 is 2.20 bits per heavy atom. The second-order valence-corrected chi connectivity index (χ2v) is 5.83. The van der Waals surface area contributed by atoms with Crippen LogP contribution in [0, 0.1) is 0 Å². The normalized spacial score (nSPS) is 17.8. The fraction of sp³-hybridized carbons (Fsp3) is 0.750. The Morgan fingerprint density at radius 1 is 1.47 bits per heavy atom. The average molecular weight is 224 g/mol. The number of thiazole rings is 1. The van der Waals surface area contributed by atoms with Crippen molar-refractivity contribution >= 4 is 11.3 Å². The van der Waals surface area contributed by atoms with E-state index in [0.29, 0.717) is 6.04 Å². The highest BCUT2D eigenvalue weighted by Crippen LogP contribution is 2.35. The molecule has 0 atom stereocenters. The van der Waals surface area contributed by atoms with Crippen LogP contribution in [0.2, 0.25) is 0 Å². The van der Waals surface area contributed by atoms with Crippen LogP contribution in [0.1, 0.15) is 55.3 Å². The topological polar surface area (TPSA) is 24.9 Å². The molecule has 1 heterocycles. The van der Waals surface area contributed by atoms with E-state index in [1.807, 2.05) is 17.5 Å².